The topological polar surface area (TPSA) is 75.7 Å². The second-order valence-corrected chi connectivity index (χ2v) is 7.64. The quantitative estimate of drug-likeness (QED) is 0.787. The Hall–Kier alpha value is -2.80. The molecule has 3 amide bonds. The lowest BCUT2D eigenvalue weighted by molar-refractivity contribution is -0.125. The highest BCUT2D eigenvalue weighted by Gasteiger charge is 2.43. The Kier molecular flexibility index (Phi) is 5.09. The fraction of sp³-hybridized carbons (Fsp3) is 0.286. The molecule has 4 rings (SSSR count). The van der Waals surface area contributed by atoms with Gasteiger partial charge in [-0.25, -0.2) is 0 Å². The van der Waals surface area contributed by atoms with Crippen molar-refractivity contribution in [1.82, 2.24) is 10.2 Å². The molecule has 6 nitrogen and oxygen atoms in total. The molecule has 0 saturated carbocycles. The van der Waals surface area contributed by atoms with E-state index in [2.05, 4.69) is 5.32 Å². The number of benzene rings is 2. The van der Waals surface area contributed by atoms with Crippen LogP contribution in [-0.2, 0) is 4.79 Å². The summed E-state index contributed by atoms with van der Waals surface area (Å²) >= 11 is 1.42. The van der Waals surface area contributed by atoms with Gasteiger partial charge >= 0.3 is 0 Å². The summed E-state index contributed by atoms with van der Waals surface area (Å²) in [6.45, 7) is 0.502. The van der Waals surface area contributed by atoms with Gasteiger partial charge in [-0.1, -0.05) is 30.3 Å². The molecule has 0 saturated heterocycles. The first-order chi connectivity index (χ1) is 13.6. The van der Waals surface area contributed by atoms with E-state index in [1.54, 1.807) is 24.3 Å². The van der Waals surface area contributed by atoms with Gasteiger partial charge in [0.25, 0.3) is 11.8 Å². The number of ether oxygens (including phenoxy) is 1. The van der Waals surface area contributed by atoms with Crippen molar-refractivity contribution in [2.24, 2.45) is 0 Å². The third-order valence-corrected chi connectivity index (χ3v) is 5.69. The molecule has 1 N–H and O–H groups in total. The second-order valence-electron chi connectivity index (χ2n) is 6.73. The third-order valence-electron chi connectivity index (χ3n) is 5.04. The summed E-state index contributed by atoms with van der Waals surface area (Å²) in [6.07, 6.45) is 2.49. The number of fused-ring (bicyclic) bond motifs is 2. The van der Waals surface area contributed by atoms with Crippen molar-refractivity contribution in [2.75, 3.05) is 18.6 Å². The van der Waals surface area contributed by atoms with E-state index < -0.39 is 17.9 Å². The molecule has 0 aliphatic carbocycles. The van der Waals surface area contributed by atoms with Gasteiger partial charge in [-0.3, -0.25) is 19.3 Å². The fourth-order valence-corrected chi connectivity index (χ4v) is 4.29. The zero-order chi connectivity index (χ0) is 19.7. The van der Waals surface area contributed by atoms with Crippen molar-refractivity contribution in [3.8, 4) is 5.75 Å². The van der Waals surface area contributed by atoms with Crippen LogP contribution >= 0.6 is 11.8 Å². The SMILES string of the molecule is CSC[C@@H](C(=O)N[C@H]1CCOc2ccccc21)N1C(=O)c2ccccc2C1=O. The molecule has 0 radical (unpaired) electrons. The van der Waals surface area contributed by atoms with Gasteiger partial charge in [0.2, 0.25) is 5.91 Å². The Morgan fingerprint density at radius 1 is 1.14 bits per heavy atom. The van der Waals surface area contributed by atoms with E-state index in [0.717, 1.165) is 16.2 Å². The number of nitrogens with zero attached hydrogens (tertiary/aromatic N) is 1. The molecule has 0 aromatic heterocycles. The summed E-state index contributed by atoms with van der Waals surface area (Å²) in [5.74, 6) is -0.0709. The summed E-state index contributed by atoms with van der Waals surface area (Å²) < 4.78 is 5.65. The first-order valence-electron chi connectivity index (χ1n) is 9.09. The van der Waals surface area contributed by atoms with Crippen LogP contribution in [0.3, 0.4) is 0 Å². The average Bonchev–Trinajstić information content (AvgIpc) is 2.97. The molecule has 0 spiro atoms. The number of rotatable bonds is 5. The van der Waals surface area contributed by atoms with Gasteiger partial charge in [0.05, 0.1) is 23.8 Å². The van der Waals surface area contributed by atoms with E-state index in [-0.39, 0.29) is 11.9 Å². The number of amides is 3. The van der Waals surface area contributed by atoms with Crippen LogP contribution in [0.1, 0.15) is 38.7 Å². The van der Waals surface area contributed by atoms with Crippen LogP contribution in [-0.4, -0.2) is 47.3 Å². The molecule has 2 atom stereocenters. The van der Waals surface area contributed by atoms with Gasteiger partial charge in [-0.05, 0) is 24.5 Å². The smallest absolute Gasteiger partial charge is 0.262 e. The van der Waals surface area contributed by atoms with Crippen molar-refractivity contribution in [3.05, 3.63) is 65.2 Å². The maximum absolute atomic E-state index is 13.1. The number of hydrogen-bond acceptors (Lipinski definition) is 5. The molecule has 0 bridgehead atoms. The summed E-state index contributed by atoms with van der Waals surface area (Å²) in [6, 6.07) is 13.2. The van der Waals surface area contributed by atoms with Crippen molar-refractivity contribution in [3.63, 3.8) is 0 Å². The van der Waals surface area contributed by atoms with Crippen LogP contribution < -0.4 is 10.1 Å². The molecular weight excluding hydrogens is 376 g/mol. The van der Waals surface area contributed by atoms with Gasteiger partial charge in [0.15, 0.2) is 0 Å². The Morgan fingerprint density at radius 3 is 2.46 bits per heavy atom. The van der Waals surface area contributed by atoms with Crippen LogP contribution in [0.2, 0.25) is 0 Å². The van der Waals surface area contributed by atoms with Gasteiger partial charge in [-0.15, -0.1) is 0 Å². The van der Waals surface area contributed by atoms with Crippen LogP contribution in [0.4, 0.5) is 0 Å². The molecule has 7 heteroatoms. The van der Waals surface area contributed by atoms with E-state index in [1.165, 1.54) is 11.8 Å². The Morgan fingerprint density at radius 2 is 1.79 bits per heavy atom. The molecule has 0 unspecified atom stereocenters. The lowest BCUT2D eigenvalue weighted by Gasteiger charge is -2.30. The lowest BCUT2D eigenvalue weighted by Crippen LogP contribution is -2.52. The standard InChI is InChI=1S/C21H20N2O4S/c1-28-12-17(23-20(25)13-6-2-3-7-14(13)21(23)26)19(24)22-16-10-11-27-18-9-5-4-8-15(16)18/h2-9,16-17H,10-12H2,1H3,(H,22,24)/t16-,17-/m0/s1. The van der Waals surface area contributed by atoms with Crippen LogP contribution in [0.15, 0.2) is 48.5 Å². The average molecular weight is 396 g/mol. The van der Waals surface area contributed by atoms with Crippen LogP contribution in [0.5, 0.6) is 5.75 Å². The van der Waals surface area contributed by atoms with Crippen molar-refractivity contribution < 1.29 is 19.1 Å². The predicted molar refractivity (Wildman–Crippen MR) is 107 cm³/mol. The number of carbonyl (C=O) groups excluding carboxylic acids is 3. The highest BCUT2D eigenvalue weighted by atomic mass is 32.2. The minimum Gasteiger partial charge on any atom is -0.493 e. The molecule has 2 heterocycles. The lowest BCUT2D eigenvalue weighted by atomic mass is 10.00. The third kappa shape index (κ3) is 3.16. The molecule has 2 aromatic carbocycles. The van der Waals surface area contributed by atoms with Gasteiger partial charge in [0.1, 0.15) is 11.8 Å². The zero-order valence-electron chi connectivity index (χ0n) is 15.4. The molecule has 144 valence electrons. The highest BCUT2D eigenvalue weighted by Crippen LogP contribution is 2.32. The molecule has 2 aliphatic rings. The van der Waals surface area contributed by atoms with Crippen LogP contribution in [0.25, 0.3) is 0 Å². The molecule has 28 heavy (non-hydrogen) atoms. The molecule has 0 fully saturated rings. The number of imide groups is 1. The van der Waals surface area contributed by atoms with Gasteiger partial charge in [-0.2, -0.15) is 11.8 Å². The first-order valence-corrected chi connectivity index (χ1v) is 10.5. The number of thioether (sulfide) groups is 1. The van der Waals surface area contributed by atoms with Crippen molar-refractivity contribution in [2.45, 2.75) is 18.5 Å². The van der Waals surface area contributed by atoms with Gasteiger partial charge < -0.3 is 10.1 Å². The summed E-state index contributed by atoms with van der Waals surface area (Å²) in [5, 5.41) is 3.03. The fourth-order valence-electron chi connectivity index (χ4n) is 3.68. The molecular formula is C21H20N2O4S. The van der Waals surface area contributed by atoms with E-state index >= 15 is 0 Å². The Bertz CT molecular complexity index is 911. The minimum absolute atomic E-state index is 0.211. The molecule has 2 aromatic rings. The van der Waals surface area contributed by atoms with Crippen LogP contribution in [0, 0.1) is 0 Å². The Balaban J connectivity index is 1.59. The van der Waals surface area contributed by atoms with E-state index in [0.29, 0.717) is 29.9 Å². The zero-order valence-corrected chi connectivity index (χ0v) is 16.2. The number of nitrogens with one attached hydrogen (secondary N) is 1. The first kappa shape index (κ1) is 18.6. The maximum atomic E-state index is 13.1. The van der Waals surface area contributed by atoms with E-state index in [9.17, 15) is 14.4 Å². The van der Waals surface area contributed by atoms with E-state index in [1.807, 2.05) is 30.5 Å². The number of carbonyl (C=O) groups is 3. The van der Waals surface area contributed by atoms with Gasteiger partial charge in [0, 0.05) is 17.7 Å². The summed E-state index contributed by atoms with van der Waals surface area (Å²) in [4.78, 5) is 39.9. The van der Waals surface area contributed by atoms with Crippen molar-refractivity contribution >= 4 is 29.5 Å². The number of hydrogen-bond donors (Lipinski definition) is 1. The number of para-hydroxylation sites is 1. The second kappa shape index (κ2) is 7.67. The summed E-state index contributed by atoms with van der Waals surface area (Å²) in [7, 11) is 0. The normalized spacial score (nSPS) is 18.9. The largest absolute Gasteiger partial charge is 0.493 e. The Labute approximate surface area is 167 Å². The maximum Gasteiger partial charge on any atom is 0.262 e. The summed E-state index contributed by atoms with van der Waals surface area (Å²) in [5.41, 5.74) is 1.61. The van der Waals surface area contributed by atoms with Crippen molar-refractivity contribution in [1.29, 1.82) is 0 Å². The minimum atomic E-state index is -0.864. The monoisotopic (exact) mass is 396 g/mol. The van der Waals surface area contributed by atoms with E-state index in [4.69, 9.17) is 4.74 Å². The predicted octanol–water partition coefficient (Wildman–Crippen LogP) is 2.65. The highest BCUT2D eigenvalue weighted by molar-refractivity contribution is 7.98. The molecule has 2 aliphatic heterocycles.